The molecule has 0 fully saturated rings. The first-order valence-corrected chi connectivity index (χ1v) is 45.2. The van der Waals surface area contributed by atoms with Crippen molar-refractivity contribution in [1.82, 2.24) is 27.4 Å². The van der Waals surface area contributed by atoms with Crippen molar-refractivity contribution in [2.45, 2.75) is 0 Å². The van der Waals surface area contributed by atoms with Crippen LogP contribution in [-0.2, 0) is 0 Å². The largest absolute Gasteiger partial charge is 0.308 e. The quantitative estimate of drug-likeness (QED) is 0.118. The van der Waals surface area contributed by atoms with Crippen molar-refractivity contribution in [1.29, 1.82) is 31.6 Å². The SMILES string of the molecule is [2H]c1c([2H])c([2H])c(-c2ccc3c(c2)c2ccccc2n3-c2ccc(-n3c4ccccc4c4cc(-c5c([2H])c([2H])c([2H])c([2H])c5[2H])ccc43)c(C#N)c2C#N)c([2H])c1[2H].[2H]c1c([2H])c([2H])c(-c2ccc3c4ccccc4n(-c4cc(C#N)c(-n5c6ccccc6c6ccc(-c7c([2H])c([2H])c([2H])c([2H])c7[2H])cc65)cc4C#N)c3c2)c([2H])c1[2H].[2H]c1c([2H])c([2H])c(-c2ccc3c4ccccc4n(-c4ccc(-n5c6ccccc6c6ccc(-c7c([2H])c([2H])c([2H])c([2H])c7[2H])cc65)c(C#N)c4C#N)c3c2)c([2H])c1[2H]. The maximum Gasteiger partial charge on any atom is 0.103 e. The van der Waals surface area contributed by atoms with Gasteiger partial charge in [-0.3, -0.25) is 0 Å². The van der Waals surface area contributed by atoms with Crippen LogP contribution in [0.2, 0.25) is 0 Å². The molecule has 0 amide bonds. The Balaban J connectivity index is 0.000000130. The van der Waals surface area contributed by atoms with Crippen molar-refractivity contribution in [3.05, 3.63) is 506 Å². The lowest BCUT2D eigenvalue weighted by Crippen LogP contribution is -2.05. The van der Waals surface area contributed by atoms with Gasteiger partial charge in [0.25, 0.3) is 0 Å². The second-order valence-electron chi connectivity index (χ2n) is 33.8. The van der Waals surface area contributed by atoms with Crippen molar-refractivity contribution >= 4 is 131 Å². The molecule has 0 bridgehead atoms. The van der Waals surface area contributed by atoms with E-state index in [1.54, 1.807) is 121 Å². The predicted molar refractivity (Wildman–Crippen MR) is 586 cm³/mol. The van der Waals surface area contributed by atoms with E-state index in [1.165, 1.54) is 0 Å². The number of hydrogen-bond donors (Lipinski definition) is 0. The number of nitriles is 6. The summed E-state index contributed by atoms with van der Waals surface area (Å²) in [5, 5.41) is 74.6. The summed E-state index contributed by atoms with van der Waals surface area (Å²) in [5.41, 5.74) is 13.8. The Bertz CT molecular complexity index is 11100. The van der Waals surface area contributed by atoms with E-state index in [0.29, 0.717) is 133 Å². The first-order chi connectivity index (χ1) is 83.6. The molecule has 6 heterocycles. The van der Waals surface area contributed by atoms with E-state index in [4.69, 9.17) is 41.1 Å². The van der Waals surface area contributed by atoms with E-state index in [-0.39, 0.29) is 139 Å². The summed E-state index contributed by atoms with van der Waals surface area (Å²) >= 11 is 0. The molecule has 0 aliphatic heterocycles. The standard InChI is InChI=1S/3C44H26N4/c45-27-33-26-42(48-40-18-10-8-16-36(40)38-22-20-32(24-44(38)48)30-13-5-2-6-14-30)34(28-46)25-41(33)47-39-17-9-7-15-35(39)37-21-19-31(23-43(37)47)29-11-3-1-4-12-29;45-27-37-38(28-46)44(48-40-18-10-8-16-34(40)36-26-32(20-22-42(36)48)30-13-5-2-6-14-30)24-23-43(37)47-39-17-9-7-15-33(39)35-25-31(19-21-41(35)47)29-11-3-1-4-12-29;45-27-37-38(28-46)42(48-40-18-10-8-16-34(40)36-22-20-32(26-44(36)48)30-13-5-2-6-14-30)24-23-41(37)47-39-17-9-7-15-33(39)35-21-19-31(25-43(35)47)29-11-3-1-4-12-29/h3*1-26H/i3*1D,2D,3D,4D,5D,6D,11D,12D,13D,14D. The van der Waals surface area contributed by atoms with E-state index in [1.807, 2.05) is 197 Å². The molecule has 0 aliphatic rings. The topological polar surface area (TPSA) is 172 Å². The van der Waals surface area contributed by atoms with Crippen LogP contribution in [0.1, 0.15) is 74.5 Å². The van der Waals surface area contributed by atoms with Gasteiger partial charge >= 0.3 is 0 Å². The van der Waals surface area contributed by atoms with Crippen LogP contribution in [0.15, 0.2) is 472 Å². The van der Waals surface area contributed by atoms with Crippen LogP contribution in [0.4, 0.5) is 0 Å². The van der Waals surface area contributed by atoms with Crippen LogP contribution in [0.5, 0.6) is 0 Å². The van der Waals surface area contributed by atoms with Gasteiger partial charge in [-0.05, 0) is 188 Å². The highest BCUT2D eigenvalue weighted by Gasteiger charge is 2.29. The van der Waals surface area contributed by atoms with Crippen LogP contribution in [0.25, 0.3) is 232 Å². The van der Waals surface area contributed by atoms with Crippen LogP contribution in [-0.4, -0.2) is 27.4 Å². The number of fused-ring (bicyclic) bond motifs is 18. The third-order valence-corrected chi connectivity index (χ3v) is 26.3. The molecule has 144 heavy (non-hydrogen) atoms. The average Bonchev–Trinajstić information content (AvgIpc) is 1.57. The van der Waals surface area contributed by atoms with Crippen molar-refractivity contribution in [2.24, 2.45) is 0 Å². The summed E-state index contributed by atoms with van der Waals surface area (Å²) in [4.78, 5) is 0. The van der Waals surface area contributed by atoms with Gasteiger partial charge in [0.2, 0.25) is 0 Å². The Morgan fingerprint density at radius 2 is 0.326 bits per heavy atom. The molecule has 27 aromatic rings. The van der Waals surface area contributed by atoms with E-state index in [0.717, 1.165) is 64.9 Å². The van der Waals surface area contributed by atoms with Gasteiger partial charge in [-0.25, -0.2) is 0 Å². The molecular weight excluding hydrogens is 1750 g/mol. The Morgan fingerprint density at radius 3 is 0.549 bits per heavy atom. The van der Waals surface area contributed by atoms with Crippen LogP contribution < -0.4 is 0 Å². The van der Waals surface area contributed by atoms with Crippen molar-refractivity contribution in [3.63, 3.8) is 0 Å². The van der Waals surface area contributed by atoms with Crippen LogP contribution in [0, 0.1) is 68.0 Å². The number of benzene rings is 21. The second kappa shape index (κ2) is 35.5. The number of aromatic nitrogens is 6. The van der Waals surface area contributed by atoms with Crippen molar-refractivity contribution in [2.75, 3.05) is 0 Å². The zero-order valence-electron chi connectivity index (χ0n) is 105. The molecule has 0 atom stereocenters. The van der Waals surface area contributed by atoms with Crippen molar-refractivity contribution in [3.8, 4) is 137 Å². The molecule has 0 saturated heterocycles. The number of rotatable bonds is 12. The number of para-hydroxylation sites is 6. The Hall–Kier alpha value is -20.6. The molecule has 0 saturated carbocycles. The maximum absolute atomic E-state index is 10.9. The molecule has 0 aliphatic carbocycles. The second-order valence-corrected chi connectivity index (χ2v) is 33.8. The zero-order valence-corrected chi connectivity index (χ0v) is 75.1. The number of nitrogens with zero attached hydrogens (tertiary/aromatic N) is 12. The van der Waals surface area contributed by atoms with Gasteiger partial charge in [-0.15, -0.1) is 0 Å². The summed E-state index contributed by atoms with van der Waals surface area (Å²) < 4.78 is 262. The highest BCUT2D eigenvalue weighted by molar-refractivity contribution is 6.17. The Labute approximate surface area is 870 Å². The highest BCUT2D eigenvalue weighted by atomic mass is 15.0. The molecule has 27 rings (SSSR count). The maximum atomic E-state index is 10.9. The first kappa shape index (κ1) is 58.7. The summed E-state index contributed by atoms with van der Waals surface area (Å²) in [6.07, 6.45) is 0. The molecule has 0 unspecified atom stereocenters. The fraction of sp³-hybridized carbons (Fsp3) is 0. The molecular formula is C132H78N12. The minimum atomic E-state index is -0.495. The van der Waals surface area contributed by atoms with Gasteiger partial charge in [0.05, 0.1) is 175 Å². The van der Waals surface area contributed by atoms with Crippen LogP contribution >= 0.6 is 0 Å². The first-order valence-electron chi connectivity index (χ1n) is 60.2. The summed E-state index contributed by atoms with van der Waals surface area (Å²) in [5.74, 6) is 0. The Morgan fingerprint density at radius 1 is 0.146 bits per heavy atom. The molecule has 12 nitrogen and oxygen atoms in total. The summed E-state index contributed by atoms with van der Waals surface area (Å²) in [6.45, 7) is 0. The van der Waals surface area contributed by atoms with E-state index in [9.17, 15) is 31.6 Å². The summed E-state index contributed by atoms with van der Waals surface area (Å²) in [6, 6.07) is 88.6. The van der Waals surface area contributed by atoms with E-state index >= 15 is 0 Å². The molecule has 0 radical (unpaired) electrons. The van der Waals surface area contributed by atoms with E-state index in [2.05, 4.69) is 36.4 Å². The van der Waals surface area contributed by atoms with Gasteiger partial charge in [-0.1, -0.05) is 351 Å². The van der Waals surface area contributed by atoms with Gasteiger partial charge < -0.3 is 27.4 Å². The van der Waals surface area contributed by atoms with E-state index < -0.39 is 109 Å². The van der Waals surface area contributed by atoms with Crippen LogP contribution in [0.3, 0.4) is 0 Å². The van der Waals surface area contributed by atoms with Gasteiger partial charge in [-0.2, -0.15) is 31.6 Å². The summed E-state index contributed by atoms with van der Waals surface area (Å²) in [7, 11) is 0. The fourth-order valence-corrected chi connectivity index (χ4v) is 20.2. The van der Waals surface area contributed by atoms with Crippen molar-refractivity contribution < 1.29 is 41.1 Å². The molecule has 21 aromatic carbocycles. The zero-order chi connectivity index (χ0) is 123. The molecule has 0 N–H and O–H groups in total. The fourth-order valence-electron chi connectivity index (χ4n) is 20.2. The van der Waals surface area contributed by atoms with Gasteiger partial charge in [0, 0.05) is 64.6 Å². The predicted octanol–water partition coefficient (Wildman–Crippen LogP) is 32.9. The molecule has 666 valence electrons. The van der Waals surface area contributed by atoms with Gasteiger partial charge in [0.15, 0.2) is 0 Å². The minimum Gasteiger partial charge on any atom is -0.308 e. The normalized spacial score (nSPS) is 14.2. The third kappa shape index (κ3) is 14.1. The lowest BCUT2D eigenvalue weighted by Gasteiger charge is -2.16. The monoisotopic (exact) mass is 1860 g/mol. The lowest BCUT2D eigenvalue weighted by molar-refractivity contribution is 1.12. The minimum absolute atomic E-state index is 0.0348. The molecule has 6 aromatic heterocycles. The molecule has 0 spiro atoms. The lowest BCUT2D eigenvalue weighted by atomic mass is 10.0. The third-order valence-electron chi connectivity index (χ3n) is 26.3. The smallest absolute Gasteiger partial charge is 0.103 e. The van der Waals surface area contributed by atoms with Gasteiger partial charge in [0.1, 0.15) is 36.4 Å². The number of hydrogen-bond acceptors (Lipinski definition) is 6. The molecule has 12 heteroatoms. The highest BCUT2D eigenvalue weighted by Crippen LogP contribution is 2.47. The average molecular weight is 1860 g/mol. The Kier molecular flexibility index (Phi) is 14.5.